The highest BCUT2D eigenvalue weighted by molar-refractivity contribution is 5.47. The monoisotopic (exact) mass is 329 g/mol. The predicted octanol–water partition coefficient (Wildman–Crippen LogP) is 6.72. The highest BCUT2D eigenvalue weighted by Crippen LogP contribution is 2.16. The van der Waals surface area contributed by atoms with Crippen LogP contribution in [0, 0.1) is 0 Å². The first kappa shape index (κ1) is 21.0. The summed E-state index contributed by atoms with van der Waals surface area (Å²) in [6.07, 6.45) is 17.1. The maximum atomic E-state index is 3.83. The normalized spacial score (nSPS) is 12.5. The number of benzene rings is 1. The molecule has 0 aliphatic carbocycles. The minimum atomic E-state index is 0.657. The topological polar surface area (TPSA) is 3.24 Å². The Bertz CT molecular complexity index is 418. The second-order valence-corrected chi connectivity index (χ2v) is 7.38. The van der Waals surface area contributed by atoms with Crippen LogP contribution >= 0.6 is 0 Å². The Balaban J connectivity index is 2.20. The molecule has 1 atom stereocenters. The quantitative estimate of drug-likeness (QED) is 0.342. The van der Waals surface area contributed by atoms with E-state index in [0.717, 1.165) is 6.42 Å². The smallest absolute Gasteiger partial charge is 0.0130 e. The molecule has 0 amide bonds. The maximum Gasteiger partial charge on any atom is 0.0130 e. The molecule has 0 saturated heterocycles. The third-order valence-electron chi connectivity index (χ3n) is 5.06. The lowest BCUT2D eigenvalue weighted by molar-refractivity contribution is 0.269. The van der Waals surface area contributed by atoms with Gasteiger partial charge in [-0.3, -0.25) is 0 Å². The van der Waals surface area contributed by atoms with Crippen LogP contribution < -0.4 is 0 Å². The van der Waals surface area contributed by atoms with E-state index < -0.39 is 0 Å². The van der Waals surface area contributed by atoms with Crippen LogP contribution in [-0.2, 0) is 6.42 Å². The van der Waals surface area contributed by atoms with Gasteiger partial charge < -0.3 is 4.90 Å². The van der Waals surface area contributed by atoms with Gasteiger partial charge in [-0.15, -0.1) is 0 Å². The van der Waals surface area contributed by atoms with Gasteiger partial charge in [0.15, 0.2) is 0 Å². The van der Waals surface area contributed by atoms with Gasteiger partial charge in [0.05, 0.1) is 0 Å². The largest absolute Gasteiger partial charge is 0.306 e. The summed E-state index contributed by atoms with van der Waals surface area (Å²) in [7, 11) is 4.44. The molecule has 136 valence electrons. The minimum Gasteiger partial charge on any atom is -0.306 e. The van der Waals surface area contributed by atoms with Crippen molar-refractivity contribution in [2.45, 2.75) is 83.6 Å². The summed E-state index contributed by atoms with van der Waals surface area (Å²) in [6, 6.07) is 9.51. The van der Waals surface area contributed by atoms with Crippen molar-refractivity contribution < 1.29 is 0 Å². The highest BCUT2D eigenvalue weighted by Gasteiger charge is 2.11. The lowest BCUT2D eigenvalue weighted by atomic mass is 9.98. The van der Waals surface area contributed by atoms with Gasteiger partial charge in [-0.1, -0.05) is 102 Å². The molecule has 0 saturated carbocycles. The van der Waals surface area contributed by atoms with Crippen LogP contribution in [0.5, 0.6) is 0 Å². The average molecular weight is 330 g/mol. The van der Waals surface area contributed by atoms with Gasteiger partial charge in [-0.05, 0) is 38.1 Å². The number of nitrogens with zero attached hydrogens (tertiary/aromatic N) is 1. The van der Waals surface area contributed by atoms with Crippen molar-refractivity contribution in [2.75, 3.05) is 14.1 Å². The Kier molecular flexibility index (Phi) is 11.6. The average Bonchev–Trinajstić information content (AvgIpc) is 2.59. The zero-order valence-corrected chi connectivity index (χ0v) is 16.4. The van der Waals surface area contributed by atoms with Crippen LogP contribution in [0.1, 0.15) is 82.3 Å². The minimum absolute atomic E-state index is 0.657. The third kappa shape index (κ3) is 9.27. The molecular formula is C23H39N. The van der Waals surface area contributed by atoms with E-state index in [0.29, 0.717) is 6.04 Å². The summed E-state index contributed by atoms with van der Waals surface area (Å²) in [6.45, 7) is 6.11. The number of hydrogen-bond donors (Lipinski definition) is 0. The van der Waals surface area contributed by atoms with Crippen molar-refractivity contribution in [1.29, 1.82) is 0 Å². The number of likely N-dealkylation sites (N-methyl/N-ethyl adjacent to an activating group) is 1. The van der Waals surface area contributed by atoms with Gasteiger partial charge in [0, 0.05) is 6.04 Å². The van der Waals surface area contributed by atoms with Crippen molar-refractivity contribution in [1.82, 2.24) is 4.90 Å². The third-order valence-corrected chi connectivity index (χ3v) is 5.06. The van der Waals surface area contributed by atoms with E-state index in [2.05, 4.69) is 56.8 Å². The van der Waals surface area contributed by atoms with E-state index in [9.17, 15) is 0 Å². The lowest BCUT2D eigenvalue weighted by Crippen LogP contribution is -2.30. The molecule has 0 aliphatic heterocycles. The molecule has 1 aromatic rings. The van der Waals surface area contributed by atoms with Gasteiger partial charge >= 0.3 is 0 Å². The van der Waals surface area contributed by atoms with Crippen LogP contribution in [0.15, 0.2) is 30.8 Å². The molecule has 1 aromatic carbocycles. The summed E-state index contributed by atoms with van der Waals surface area (Å²) in [5.41, 5.74) is 2.65. The van der Waals surface area contributed by atoms with Gasteiger partial charge in [0.2, 0.25) is 0 Å². The Morgan fingerprint density at radius 2 is 1.42 bits per heavy atom. The SMILES string of the molecule is C=Cc1ccc(CC(CCCCCCCCCCC)N(C)C)cc1. The van der Waals surface area contributed by atoms with E-state index >= 15 is 0 Å². The first-order valence-electron chi connectivity index (χ1n) is 10.0. The van der Waals surface area contributed by atoms with E-state index in [1.807, 2.05) is 6.08 Å². The molecule has 0 fully saturated rings. The molecule has 0 aliphatic rings. The molecule has 0 N–H and O–H groups in total. The fourth-order valence-electron chi connectivity index (χ4n) is 3.30. The first-order valence-corrected chi connectivity index (χ1v) is 10.0. The first-order chi connectivity index (χ1) is 11.7. The van der Waals surface area contributed by atoms with Gasteiger partial charge in [0.25, 0.3) is 0 Å². The molecule has 0 heterocycles. The van der Waals surface area contributed by atoms with E-state index in [1.165, 1.54) is 75.3 Å². The Hall–Kier alpha value is -1.08. The standard InChI is InChI=1S/C23H39N/c1-5-7-8-9-10-11-12-13-14-15-23(24(3)4)20-22-18-16-21(6-2)17-19-22/h6,16-19,23H,2,5,7-15,20H2,1,3-4H3. The second-order valence-electron chi connectivity index (χ2n) is 7.38. The molecule has 1 unspecified atom stereocenters. The molecule has 0 spiro atoms. The summed E-state index contributed by atoms with van der Waals surface area (Å²) < 4.78 is 0. The van der Waals surface area contributed by atoms with E-state index in [4.69, 9.17) is 0 Å². The van der Waals surface area contributed by atoms with E-state index in [-0.39, 0.29) is 0 Å². The van der Waals surface area contributed by atoms with Crippen molar-refractivity contribution in [3.63, 3.8) is 0 Å². The van der Waals surface area contributed by atoms with Gasteiger partial charge in [-0.2, -0.15) is 0 Å². The molecule has 1 rings (SSSR count). The Morgan fingerprint density at radius 3 is 1.92 bits per heavy atom. The predicted molar refractivity (Wildman–Crippen MR) is 110 cm³/mol. The Morgan fingerprint density at radius 1 is 0.875 bits per heavy atom. The fourth-order valence-corrected chi connectivity index (χ4v) is 3.30. The molecule has 0 radical (unpaired) electrons. The molecule has 24 heavy (non-hydrogen) atoms. The molecule has 1 nitrogen and oxygen atoms in total. The molecule has 1 heteroatoms. The fraction of sp³-hybridized carbons (Fsp3) is 0.652. The zero-order valence-electron chi connectivity index (χ0n) is 16.4. The molecule has 0 bridgehead atoms. The van der Waals surface area contributed by atoms with Crippen LogP contribution in [0.3, 0.4) is 0 Å². The highest BCUT2D eigenvalue weighted by atomic mass is 15.1. The van der Waals surface area contributed by atoms with Crippen LogP contribution in [0.4, 0.5) is 0 Å². The number of hydrogen-bond acceptors (Lipinski definition) is 1. The van der Waals surface area contributed by atoms with Crippen LogP contribution in [-0.4, -0.2) is 25.0 Å². The second kappa shape index (κ2) is 13.2. The van der Waals surface area contributed by atoms with Crippen LogP contribution in [0.25, 0.3) is 6.08 Å². The lowest BCUT2D eigenvalue weighted by Gasteiger charge is -2.24. The number of unbranched alkanes of at least 4 members (excludes halogenated alkanes) is 8. The van der Waals surface area contributed by atoms with Gasteiger partial charge in [0.1, 0.15) is 0 Å². The summed E-state index contributed by atoms with van der Waals surface area (Å²) in [4.78, 5) is 2.40. The van der Waals surface area contributed by atoms with Crippen molar-refractivity contribution in [3.8, 4) is 0 Å². The molecular weight excluding hydrogens is 290 g/mol. The van der Waals surface area contributed by atoms with E-state index in [1.54, 1.807) is 0 Å². The number of rotatable bonds is 14. The van der Waals surface area contributed by atoms with Crippen LogP contribution in [0.2, 0.25) is 0 Å². The van der Waals surface area contributed by atoms with Crippen molar-refractivity contribution in [2.24, 2.45) is 0 Å². The maximum absolute atomic E-state index is 3.83. The Labute approximate surface area is 151 Å². The summed E-state index contributed by atoms with van der Waals surface area (Å²) >= 11 is 0. The van der Waals surface area contributed by atoms with Crippen molar-refractivity contribution >= 4 is 6.08 Å². The summed E-state index contributed by atoms with van der Waals surface area (Å²) in [5.74, 6) is 0. The molecule has 0 aromatic heterocycles. The summed E-state index contributed by atoms with van der Waals surface area (Å²) in [5, 5.41) is 0. The zero-order chi connectivity index (χ0) is 17.6. The van der Waals surface area contributed by atoms with Gasteiger partial charge in [-0.25, -0.2) is 0 Å². The van der Waals surface area contributed by atoms with Crippen molar-refractivity contribution in [3.05, 3.63) is 42.0 Å².